The number of rotatable bonds is 6. The number of anilines is 1. The summed E-state index contributed by atoms with van der Waals surface area (Å²) < 4.78 is 0. The van der Waals surface area contributed by atoms with E-state index in [9.17, 15) is 9.59 Å². The summed E-state index contributed by atoms with van der Waals surface area (Å²) in [5, 5.41) is 10.5. The van der Waals surface area contributed by atoms with Crippen LogP contribution in [0.2, 0.25) is 0 Å². The SMILES string of the molecule is CCNC(=O)Nc1cnccc1C(NC(=O)c1cccnc1)c1cccc2ccncc12. The molecule has 0 fully saturated rings. The molecule has 3 N–H and O–H groups in total. The molecule has 0 aliphatic carbocycles. The number of hydrogen-bond acceptors (Lipinski definition) is 5. The zero-order valence-corrected chi connectivity index (χ0v) is 17.4. The highest BCUT2D eigenvalue weighted by Gasteiger charge is 2.23. The molecule has 0 saturated carbocycles. The van der Waals surface area contributed by atoms with Crippen molar-refractivity contribution in [2.24, 2.45) is 0 Å². The first kappa shape index (κ1) is 20.9. The van der Waals surface area contributed by atoms with Gasteiger partial charge in [0.2, 0.25) is 0 Å². The van der Waals surface area contributed by atoms with Crippen molar-refractivity contribution >= 4 is 28.4 Å². The Labute approximate surface area is 185 Å². The van der Waals surface area contributed by atoms with E-state index < -0.39 is 6.04 Å². The lowest BCUT2D eigenvalue weighted by molar-refractivity contribution is 0.0943. The molecule has 0 bridgehead atoms. The van der Waals surface area contributed by atoms with Gasteiger partial charge < -0.3 is 16.0 Å². The number of fused-ring (bicyclic) bond motifs is 1. The van der Waals surface area contributed by atoms with Crippen molar-refractivity contribution < 1.29 is 9.59 Å². The molecule has 8 heteroatoms. The van der Waals surface area contributed by atoms with E-state index in [2.05, 4.69) is 30.9 Å². The molecule has 1 unspecified atom stereocenters. The zero-order chi connectivity index (χ0) is 22.3. The van der Waals surface area contributed by atoms with E-state index in [1.54, 1.807) is 49.2 Å². The van der Waals surface area contributed by atoms with Crippen LogP contribution in [0.3, 0.4) is 0 Å². The van der Waals surface area contributed by atoms with E-state index >= 15 is 0 Å². The second-order valence-electron chi connectivity index (χ2n) is 7.04. The first-order valence-electron chi connectivity index (χ1n) is 10.2. The van der Waals surface area contributed by atoms with Gasteiger partial charge in [-0.05, 0) is 42.1 Å². The second kappa shape index (κ2) is 9.65. The van der Waals surface area contributed by atoms with Crippen molar-refractivity contribution in [3.8, 4) is 0 Å². The van der Waals surface area contributed by atoms with Gasteiger partial charge in [0, 0.05) is 48.5 Å². The molecule has 0 aliphatic rings. The summed E-state index contributed by atoms with van der Waals surface area (Å²) in [7, 11) is 0. The first-order chi connectivity index (χ1) is 15.7. The number of pyridine rings is 3. The lowest BCUT2D eigenvalue weighted by Gasteiger charge is -2.24. The Hall–Kier alpha value is -4.33. The number of nitrogens with one attached hydrogen (secondary N) is 3. The topological polar surface area (TPSA) is 109 Å². The number of amides is 3. The Balaban J connectivity index is 1.82. The molecule has 3 aromatic heterocycles. The summed E-state index contributed by atoms with van der Waals surface area (Å²) in [6.45, 7) is 2.32. The maximum absolute atomic E-state index is 13.1. The molecule has 0 radical (unpaired) electrons. The summed E-state index contributed by atoms with van der Waals surface area (Å²) >= 11 is 0. The molecule has 160 valence electrons. The average molecular weight is 426 g/mol. The van der Waals surface area contributed by atoms with Crippen molar-refractivity contribution in [1.29, 1.82) is 0 Å². The minimum atomic E-state index is -0.574. The summed E-state index contributed by atoms with van der Waals surface area (Å²) in [5.74, 6) is -0.287. The minimum absolute atomic E-state index is 0.287. The molecule has 1 atom stereocenters. The van der Waals surface area contributed by atoms with E-state index in [4.69, 9.17) is 0 Å². The van der Waals surface area contributed by atoms with E-state index in [-0.39, 0.29) is 11.9 Å². The van der Waals surface area contributed by atoms with Crippen LogP contribution in [0, 0.1) is 0 Å². The van der Waals surface area contributed by atoms with Gasteiger partial charge in [0.15, 0.2) is 0 Å². The number of nitrogens with zero attached hydrogens (tertiary/aromatic N) is 3. The number of aromatic nitrogens is 3. The predicted molar refractivity (Wildman–Crippen MR) is 122 cm³/mol. The van der Waals surface area contributed by atoms with Crippen LogP contribution in [-0.4, -0.2) is 33.4 Å². The van der Waals surface area contributed by atoms with Gasteiger partial charge in [0.25, 0.3) is 5.91 Å². The van der Waals surface area contributed by atoms with Gasteiger partial charge in [-0.15, -0.1) is 0 Å². The largest absolute Gasteiger partial charge is 0.341 e. The smallest absolute Gasteiger partial charge is 0.319 e. The van der Waals surface area contributed by atoms with E-state index in [0.29, 0.717) is 23.4 Å². The maximum Gasteiger partial charge on any atom is 0.319 e. The summed E-state index contributed by atoms with van der Waals surface area (Å²) in [5.41, 5.74) is 2.47. The molecule has 4 aromatic rings. The molecule has 0 aliphatic heterocycles. The fourth-order valence-electron chi connectivity index (χ4n) is 3.51. The van der Waals surface area contributed by atoms with Crippen LogP contribution in [0.4, 0.5) is 10.5 Å². The summed E-state index contributed by atoms with van der Waals surface area (Å²) in [6, 6.07) is 12.0. The number of carbonyl (C=O) groups excluding carboxylic acids is 2. The Bertz CT molecular complexity index is 1240. The molecular formula is C24H22N6O2. The Kier molecular flexibility index (Phi) is 6.31. The zero-order valence-electron chi connectivity index (χ0n) is 17.4. The third-order valence-corrected chi connectivity index (χ3v) is 4.98. The molecule has 8 nitrogen and oxygen atoms in total. The van der Waals surface area contributed by atoms with Crippen molar-refractivity contribution in [2.75, 3.05) is 11.9 Å². The van der Waals surface area contributed by atoms with Crippen molar-refractivity contribution in [1.82, 2.24) is 25.6 Å². The minimum Gasteiger partial charge on any atom is -0.341 e. The van der Waals surface area contributed by atoms with Crippen LogP contribution in [0.15, 0.2) is 79.6 Å². The maximum atomic E-state index is 13.1. The van der Waals surface area contributed by atoms with Gasteiger partial charge >= 0.3 is 6.03 Å². The highest BCUT2D eigenvalue weighted by atomic mass is 16.2. The van der Waals surface area contributed by atoms with Gasteiger partial charge in [-0.1, -0.05) is 18.2 Å². The van der Waals surface area contributed by atoms with Gasteiger partial charge in [-0.2, -0.15) is 0 Å². The fourth-order valence-corrected chi connectivity index (χ4v) is 3.51. The Morgan fingerprint density at radius 3 is 2.50 bits per heavy atom. The number of benzene rings is 1. The van der Waals surface area contributed by atoms with E-state index in [1.807, 2.05) is 31.2 Å². The summed E-state index contributed by atoms with van der Waals surface area (Å²) in [4.78, 5) is 37.8. The standard InChI is InChI=1S/C24H22N6O2/c1-2-28-24(32)29-21-15-27-12-9-19(21)22(30-23(31)17-6-4-10-25-13-17)18-7-3-5-16-8-11-26-14-20(16)18/h3-15,22H,2H2,1H3,(H,30,31)(H2,28,29,32). The molecule has 3 amide bonds. The van der Waals surface area contributed by atoms with Gasteiger partial charge in [-0.25, -0.2) is 4.79 Å². The fraction of sp³-hybridized carbons (Fsp3) is 0.125. The van der Waals surface area contributed by atoms with Crippen molar-refractivity contribution in [2.45, 2.75) is 13.0 Å². The average Bonchev–Trinajstić information content (AvgIpc) is 2.83. The quantitative estimate of drug-likeness (QED) is 0.436. The van der Waals surface area contributed by atoms with Gasteiger partial charge in [0.05, 0.1) is 23.5 Å². The van der Waals surface area contributed by atoms with Gasteiger partial charge in [0.1, 0.15) is 0 Å². The molecule has 1 aromatic carbocycles. The summed E-state index contributed by atoms with van der Waals surface area (Å²) in [6.07, 6.45) is 9.82. The molecule has 4 rings (SSSR count). The molecular weight excluding hydrogens is 404 g/mol. The Morgan fingerprint density at radius 2 is 1.69 bits per heavy atom. The molecule has 0 spiro atoms. The number of urea groups is 1. The van der Waals surface area contributed by atoms with Crippen LogP contribution in [0.25, 0.3) is 10.8 Å². The molecule has 32 heavy (non-hydrogen) atoms. The number of hydrogen-bond donors (Lipinski definition) is 3. The van der Waals surface area contributed by atoms with Crippen LogP contribution in [0.1, 0.15) is 34.5 Å². The van der Waals surface area contributed by atoms with Crippen molar-refractivity contribution in [3.05, 3.63) is 96.3 Å². The third kappa shape index (κ3) is 4.54. The second-order valence-corrected chi connectivity index (χ2v) is 7.04. The Morgan fingerprint density at radius 1 is 0.875 bits per heavy atom. The van der Waals surface area contributed by atoms with Crippen LogP contribution in [0.5, 0.6) is 0 Å². The normalized spacial score (nSPS) is 11.5. The van der Waals surface area contributed by atoms with Gasteiger partial charge in [-0.3, -0.25) is 19.7 Å². The van der Waals surface area contributed by atoms with E-state index in [0.717, 1.165) is 16.3 Å². The van der Waals surface area contributed by atoms with E-state index in [1.165, 1.54) is 6.20 Å². The monoisotopic (exact) mass is 426 g/mol. The van der Waals surface area contributed by atoms with Crippen molar-refractivity contribution in [3.63, 3.8) is 0 Å². The van der Waals surface area contributed by atoms with Crippen LogP contribution >= 0.6 is 0 Å². The highest BCUT2D eigenvalue weighted by Crippen LogP contribution is 2.32. The third-order valence-electron chi connectivity index (χ3n) is 4.98. The molecule has 3 heterocycles. The predicted octanol–water partition coefficient (Wildman–Crippen LogP) is 3.69. The number of carbonyl (C=O) groups is 2. The molecule has 0 saturated heterocycles. The highest BCUT2D eigenvalue weighted by molar-refractivity contribution is 5.96. The lowest BCUT2D eigenvalue weighted by Crippen LogP contribution is -2.32. The lowest BCUT2D eigenvalue weighted by atomic mass is 9.94. The van der Waals surface area contributed by atoms with Crippen LogP contribution < -0.4 is 16.0 Å². The van der Waals surface area contributed by atoms with Crippen LogP contribution in [-0.2, 0) is 0 Å². The first-order valence-corrected chi connectivity index (χ1v) is 10.2.